The van der Waals surface area contributed by atoms with Crippen LogP contribution in [-0.4, -0.2) is 30.2 Å². The molecule has 1 fully saturated rings. The van der Waals surface area contributed by atoms with Gasteiger partial charge in [0.05, 0.1) is 12.7 Å². The predicted molar refractivity (Wildman–Crippen MR) is 54.9 cm³/mol. The van der Waals surface area contributed by atoms with E-state index >= 15 is 0 Å². The van der Waals surface area contributed by atoms with Crippen LogP contribution in [0.3, 0.4) is 0 Å². The molecule has 0 radical (unpaired) electrons. The summed E-state index contributed by atoms with van der Waals surface area (Å²) >= 11 is 0. The first-order valence-electron chi connectivity index (χ1n) is 5.45. The first kappa shape index (κ1) is 12.0. The van der Waals surface area contributed by atoms with Gasteiger partial charge in [-0.25, -0.2) is 0 Å². The molecule has 0 bridgehead atoms. The highest BCUT2D eigenvalue weighted by atomic mass is 16.7. The van der Waals surface area contributed by atoms with Crippen LogP contribution < -0.4 is 0 Å². The number of ether oxygens (including phenoxy) is 2. The quantitative estimate of drug-likeness (QED) is 0.755. The summed E-state index contributed by atoms with van der Waals surface area (Å²) in [5, 5.41) is 8.84. The molecule has 1 atom stereocenters. The van der Waals surface area contributed by atoms with Crippen molar-refractivity contribution >= 4 is 0 Å². The van der Waals surface area contributed by atoms with Crippen molar-refractivity contribution in [3.05, 3.63) is 0 Å². The van der Waals surface area contributed by atoms with Gasteiger partial charge in [-0.1, -0.05) is 27.7 Å². The number of hydrogen-bond donors (Lipinski definition) is 1. The molecule has 0 spiro atoms. The van der Waals surface area contributed by atoms with Crippen LogP contribution in [0.15, 0.2) is 0 Å². The van der Waals surface area contributed by atoms with Gasteiger partial charge in [-0.3, -0.25) is 0 Å². The van der Waals surface area contributed by atoms with E-state index in [0.29, 0.717) is 24.9 Å². The summed E-state index contributed by atoms with van der Waals surface area (Å²) in [5.74, 6) is 0.234. The lowest BCUT2D eigenvalue weighted by Crippen LogP contribution is -2.42. The van der Waals surface area contributed by atoms with Crippen LogP contribution >= 0.6 is 0 Å². The molecule has 3 heteroatoms. The summed E-state index contributed by atoms with van der Waals surface area (Å²) in [7, 11) is 0. The molecule has 0 saturated carbocycles. The zero-order valence-electron chi connectivity index (χ0n) is 9.62. The van der Waals surface area contributed by atoms with Gasteiger partial charge >= 0.3 is 0 Å². The Labute approximate surface area is 86.4 Å². The first-order valence-corrected chi connectivity index (χ1v) is 5.45. The number of rotatable bonds is 4. The summed E-state index contributed by atoms with van der Waals surface area (Å²) in [4.78, 5) is 0. The Morgan fingerprint density at radius 2 is 1.86 bits per heavy atom. The van der Waals surface area contributed by atoms with Gasteiger partial charge in [-0.15, -0.1) is 0 Å². The molecule has 0 aromatic rings. The van der Waals surface area contributed by atoms with Gasteiger partial charge < -0.3 is 14.6 Å². The van der Waals surface area contributed by atoms with E-state index in [4.69, 9.17) is 14.6 Å². The highest BCUT2D eigenvalue weighted by Gasteiger charge is 2.46. The van der Waals surface area contributed by atoms with Crippen LogP contribution in [0.5, 0.6) is 0 Å². The van der Waals surface area contributed by atoms with Crippen molar-refractivity contribution in [3.8, 4) is 0 Å². The minimum atomic E-state index is -0.445. The van der Waals surface area contributed by atoms with Gasteiger partial charge in [0.15, 0.2) is 5.79 Å². The zero-order valence-corrected chi connectivity index (χ0v) is 9.62. The van der Waals surface area contributed by atoms with Crippen LogP contribution in [0.25, 0.3) is 0 Å². The number of aliphatic hydroxyl groups excluding tert-OH is 1. The van der Waals surface area contributed by atoms with E-state index in [1.54, 1.807) is 0 Å². The van der Waals surface area contributed by atoms with Crippen molar-refractivity contribution < 1.29 is 14.6 Å². The predicted octanol–water partition coefficient (Wildman–Crippen LogP) is 1.79. The summed E-state index contributed by atoms with van der Waals surface area (Å²) < 4.78 is 11.7. The largest absolute Gasteiger partial charge is 0.396 e. The van der Waals surface area contributed by atoms with Crippen LogP contribution in [0.2, 0.25) is 0 Å². The molecule has 1 saturated heterocycles. The fourth-order valence-corrected chi connectivity index (χ4v) is 2.11. The molecular weight excluding hydrogens is 180 g/mol. The topological polar surface area (TPSA) is 38.7 Å². The average Bonchev–Trinajstić information content (AvgIpc) is 2.50. The maximum absolute atomic E-state index is 8.84. The molecule has 0 unspecified atom stereocenters. The molecular formula is C11H22O3. The van der Waals surface area contributed by atoms with Crippen LogP contribution in [0, 0.1) is 11.8 Å². The molecule has 84 valence electrons. The molecule has 0 aromatic carbocycles. The van der Waals surface area contributed by atoms with Crippen molar-refractivity contribution in [1.29, 1.82) is 0 Å². The van der Waals surface area contributed by atoms with Crippen molar-refractivity contribution in [2.45, 2.75) is 46.0 Å². The van der Waals surface area contributed by atoms with Gasteiger partial charge in [0, 0.05) is 18.4 Å². The molecule has 0 amide bonds. The van der Waals surface area contributed by atoms with E-state index in [1.165, 1.54) is 0 Å². The van der Waals surface area contributed by atoms with Gasteiger partial charge in [0.25, 0.3) is 0 Å². The van der Waals surface area contributed by atoms with Gasteiger partial charge in [-0.2, -0.15) is 0 Å². The third-order valence-corrected chi connectivity index (χ3v) is 2.91. The standard InChI is InChI=1S/C11H22O3/c1-8(2)11(9(3)4)13-7-10(14-11)5-6-12/h8-10,12H,5-7H2,1-4H3/t10-/m1/s1. The lowest BCUT2D eigenvalue weighted by Gasteiger charge is -2.35. The Kier molecular flexibility index (Phi) is 3.93. The fourth-order valence-electron chi connectivity index (χ4n) is 2.11. The molecule has 14 heavy (non-hydrogen) atoms. The van der Waals surface area contributed by atoms with Gasteiger partial charge in [0.1, 0.15) is 0 Å². The molecule has 1 rings (SSSR count). The maximum Gasteiger partial charge on any atom is 0.173 e. The average molecular weight is 202 g/mol. The van der Waals surface area contributed by atoms with Crippen molar-refractivity contribution in [2.24, 2.45) is 11.8 Å². The molecule has 0 aliphatic carbocycles. The van der Waals surface area contributed by atoms with E-state index in [9.17, 15) is 0 Å². The summed E-state index contributed by atoms with van der Waals surface area (Å²) in [5.41, 5.74) is 0. The van der Waals surface area contributed by atoms with Crippen LogP contribution in [0.4, 0.5) is 0 Å². The highest BCUT2D eigenvalue weighted by molar-refractivity contribution is 4.84. The summed E-state index contributed by atoms with van der Waals surface area (Å²) in [6, 6.07) is 0. The van der Waals surface area contributed by atoms with Gasteiger partial charge in [-0.05, 0) is 6.42 Å². The number of hydrogen-bond acceptors (Lipinski definition) is 3. The van der Waals surface area contributed by atoms with E-state index in [-0.39, 0.29) is 12.7 Å². The second-order valence-corrected chi connectivity index (χ2v) is 4.59. The third kappa shape index (κ3) is 2.10. The molecule has 1 N–H and O–H groups in total. The van der Waals surface area contributed by atoms with Gasteiger partial charge in [0.2, 0.25) is 0 Å². The minimum Gasteiger partial charge on any atom is -0.396 e. The highest BCUT2D eigenvalue weighted by Crippen LogP contribution is 2.38. The van der Waals surface area contributed by atoms with E-state index < -0.39 is 5.79 Å². The second-order valence-electron chi connectivity index (χ2n) is 4.59. The molecule has 3 nitrogen and oxygen atoms in total. The third-order valence-electron chi connectivity index (χ3n) is 2.91. The van der Waals surface area contributed by atoms with Crippen molar-refractivity contribution in [3.63, 3.8) is 0 Å². The minimum absolute atomic E-state index is 0.0600. The monoisotopic (exact) mass is 202 g/mol. The molecule has 1 aliphatic heterocycles. The molecule has 1 aliphatic rings. The Hall–Kier alpha value is -0.120. The van der Waals surface area contributed by atoms with E-state index in [2.05, 4.69) is 27.7 Å². The smallest absolute Gasteiger partial charge is 0.173 e. The fraction of sp³-hybridized carbons (Fsp3) is 1.00. The molecule has 1 heterocycles. The zero-order chi connectivity index (χ0) is 10.8. The van der Waals surface area contributed by atoms with Crippen molar-refractivity contribution in [1.82, 2.24) is 0 Å². The Morgan fingerprint density at radius 1 is 1.29 bits per heavy atom. The lowest BCUT2D eigenvalue weighted by molar-refractivity contribution is -0.226. The van der Waals surface area contributed by atoms with Crippen LogP contribution in [-0.2, 0) is 9.47 Å². The maximum atomic E-state index is 8.84. The Bertz CT molecular complexity index is 169. The Morgan fingerprint density at radius 3 is 2.21 bits per heavy atom. The van der Waals surface area contributed by atoms with Crippen LogP contribution in [0.1, 0.15) is 34.1 Å². The summed E-state index contributed by atoms with van der Waals surface area (Å²) in [6.07, 6.45) is 0.728. The molecule has 0 aromatic heterocycles. The SMILES string of the molecule is CC(C)C1(C(C)C)OC[C@@H](CCO)O1. The first-order chi connectivity index (χ1) is 6.53. The summed E-state index contributed by atoms with van der Waals surface area (Å²) in [6.45, 7) is 9.22. The second kappa shape index (κ2) is 4.60. The van der Waals surface area contributed by atoms with Crippen molar-refractivity contribution in [2.75, 3.05) is 13.2 Å². The number of aliphatic hydroxyl groups is 1. The normalized spacial score (nSPS) is 26.4. The Balaban J connectivity index is 2.65. The van der Waals surface area contributed by atoms with E-state index in [1.807, 2.05) is 0 Å². The lowest BCUT2D eigenvalue weighted by atomic mass is 9.91. The van der Waals surface area contributed by atoms with E-state index in [0.717, 1.165) is 0 Å².